The Labute approximate surface area is 149 Å². The first-order chi connectivity index (χ1) is 12.2. The van der Waals surface area contributed by atoms with Gasteiger partial charge < -0.3 is 15.1 Å². The maximum absolute atomic E-state index is 12.6. The average molecular weight is 337 g/mol. The minimum atomic E-state index is 0.0396. The molecular formula is C21H27N3O. The van der Waals surface area contributed by atoms with Gasteiger partial charge in [-0.05, 0) is 42.0 Å². The Morgan fingerprint density at radius 1 is 1.08 bits per heavy atom. The molecule has 1 saturated carbocycles. The van der Waals surface area contributed by atoms with Crippen LogP contribution >= 0.6 is 0 Å². The molecule has 2 aliphatic rings. The molecule has 25 heavy (non-hydrogen) atoms. The Bertz CT molecular complexity index is 742. The normalized spacial score (nSPS) is 19.1. The summed E-state index contributed by atoms with van der Waals surface area (Å²) in [5.74, 6) is 0. The Morgan fingerprint density at radius 2 is 1.80 bits per heavy atom. The molecule has 1 saturated heterocycles. The van der Waals surface area contributed by atoms with Crippen LogP contribution < -0.4 is 5.32 Å². The van der Waals surface area contributed by atoms with Gasteiger partial charge in [0.2, 0.25) is 0 Å². The van der Waals surface area contributed by atoms with Crippen LogP contribution in [0.4, 0.5) is 4.79 Å². The molecule has 2 aromatic carbocycles. The van der Waals surface area contributed by atoms with E-state index in [0.717, 1.165) is 32.0 Å². The summed E-state index contributed by atoms with van der Waals surface area (Å²) >= 11 is 0. The number of benzene rings is 2. The van der Waals surface area contributed by atoms with E-state index in [0.29, 0.717) is 12.6 Å². The lowest BCUT2D eigenvalue weighted by atomic mass is 10.0. The fourth-order valence-electron chi connectivity index (χ4n) is 3.89. The second-order valence-corrected chi connectivity index (χ2v) is 7.49. The Kier molecular flexibility index (Phi) is 4.62. The van der Waals surface area contributed by atoms with Crippen molar-refractivity contribution in [2.75, 3.05) is 20.1 Å². The minimum Gasteiger partial charge on any atom is -0.335 e. The van der Waals surface area contributed by atoms with Gasteiger partial charge in [0, 0.05) is 38.8 Å². The number of urea groups is 1. The number of hydrogen-bond acceptors (Lipinski definition) is 2. The summed E-state index contributed by atoms with van der Waals surface area (Å²) in [4.78, 5) is 17.0. The predicted octanol–water partition coefficient (Wildman–Crippen LogP) is 3.61. The van der Waals surface area contributed by atoms with Crippen molar-refractivity contribution in [2.45, 2.75) is 44.3 Å². The molecule has 0 unspecified atom stereocenters. The van der Waals surface area contributed by atoms with E-state index in [4.69, 9.17) is 0 Å². The van der Waals surface area contributed by atoms with E-state index >= 15 is 0 Å². The molecule has 0 aromatic heterocycles. The second kappa shape index (κ2) is 7.04. The zero-order valence-electron chi connectivity index (χ0n) is 14.9. The Hall–Kier alpha value is -2.07. The highest BCUT2D eigenvalue weighted by atomic mass is 16.2. The molecule has 2 fully saturated rings. The first-order valence-electron chi connectivity index (χ1n) is 9.43. The molecule has 1 N–H and O–H groups in total. The molecule has 132 valence electrons. The van der Waals surface area contributed by atoms with Crippen molar-refractivity contribution in [3.05, 3.63) is 48.0 Å². The third kappa shape index (κ3) is 3.79. The van der Waals surface area contributed by atoms with E-state index in [1.54, 1.807) is 4.90 Å². The lowest BCUT2D eigenvalue weighted by molar-refractivity contribution is 0.173. The molecule has 0 spiro atoms. The third-order valence-electron chi connectivity index (χ3n) is 5.55. The van der Waals surface area contributed by atoms with Gasteiger partial charge in [0.1, 0.15) is 0 Å². The number of fused-ring (bicyclic) bond motifs is 1. The lowest BCUT2D eigenvalue weighted by Gasteiger charge is -2.33. The summed E-state index contributed by atoms with van der Waals surface area (Å²) in [6.45, 7) is 2.89. The molecule has 1 heterocycles. The first kappa shape index (κ1) is 16.4. The van der Waals surface area contributed by atoms with Gasteiger partial charge >= 0.3 is 6.03 Å². The van der Waals surface area contributed by atoms with Crippen molar-refractivity contribution in [3.8, 4) is 0 Å². The molecule has 0 radical (unpaired) electrons. The molecule has 4 heteroatoms. The number of rotatable bonds is 4. The van der Waals surface area contributed by atoms with Crippen LogP contribution in [0, 0.1) is 0 Å². The van der Waals surface area contributed by atoms with Crippen LogP contribution in [0.2, 0.25) is 0 Å². The van der Waals surface area contributed by atoms with Gasteiger partial charge in [0.15, 0.2) is 0 Å². The number of carbonyl (C=O) groups excluding carboxylic acids is 1. The molecule has 2 aromatic rings. The van der Waals surface area contributed by atoms with Gasteiger partial charge in [-0.2, -0.15) is 0 Å². The highest BCUT2D eigenvalue weighted by molar-refractivity contribution is 5.86. The van der Waals surface area contributed by atoms with E-state index in [-0.39, 0.29) is 6.03 Å². The largest absolute Gasteiger partial charge is 0.335 e. The fraction of sp³-hybridized carbons (Fsp3) is 0.476. The Balaban J connectivity index is 1.34. The Morgan fingerprint density at radius 3 is 2.56 bits per heavy atom. The zero-order chi connectivity index (χ0) is 17.2. The summed E-state index contributed by atoms with van der Waals surface area (Å²) in [6, 6.07) is 15.8. The summed E-state index contributed by atoms with van der Waals surface area (Å²) < 4.78 is 0. The van der Waals surface area contributed by atoms with Crippen molar-refractivity contribution < 1.29 is 4.79 Å². The number of carbonyl (C=O) groups is 1. The van der Waals surface area contributed by atoms with Gasteiger partial charge in [0.25, 0.3) is 0 Å². The molecule has 4 nitrogen and oxygen atoms in total. The van der Waals surface area contributed by atoms with Crippen LogP contribution in [0.3, 0.4) is 0 Å². The lowest BCUT2D eigenvalue weighted by Crippen LogP contribution is -2.48. The highest BCUT2D eigenvalue weighted by Crippen LogP contribution is 2.29. The predicted molar refractivity (Wildman–Crippen MR) is 102 cm³/mol. The quantitative estimate of drug-likeness (QED) is 0.925. The molecule has 4 rings (SSSR count). The maximum Gasteiger partial charge on any atom is 0.317 e. The minimum absolute atomic E-state index is 0.0396. The topological polar surface area (TPSA) is 35.6 Å². The molecular weight excluding hydrogens is 310 g/mol. The van der Waals surface area contributed by atoms with E-state index < -0.39 is 0 Å². The van der Waals surface area contributed by atoms with Crippen LogP contribution in [0.25, 0.3) is 10.8 Å². The molecule has 0 atom stereocenters. The number of nitrogens with zero attached hydrogens (tertiary/aromatic N) is 2. The third-order valence-corrected chi connectivity index (χ3v) is 5.55. The molecule has 2 amide bonds. The standard InChI is InChI=1S/C21H27N3O/c1-23(15-17-7-4-6-16-5-2-3-8-20(16)17)21(25)22-18-11-13-24(14-12-18)19-9-10-19/h2-8,18-19H,9-15H2,1H3,(H,22,25). The summed E-state index contributed by atoms with van der Waals surface area (Å²) in [6.07, 6.45) is 4.88. The van der Waals surface area contributed by atoms with Crippen LogP contribution in [0.5, 0.6) is 0 Å². The van der Waals surface area contributed by atoms with Gasteiger partial charge in [-0.15, -0.1) is 0 Å². The van der Waals surface area contributed by atoms with E-state index in [9.17, 15) is 4.79 Å². The average Bonchev–Trinajstić information content (AvgIpc) is 3.48. The fourth-order valence-corrected chi connectivity index (χ4v) is 3.89. The number of piperidine rings is 1. The SMILES string of the molecule is CN(Cc1cccc2ccccc12)C(=O)NC1CCN(C2CC2)CC1. The highest BCUT2D eigenvalue weighted by Gasteiger charge is 2.32. The van der Waals surface area contributed by atoms with Crippen LogP contribution in [-0.4, -0.2) is 48.1 Å². The van der Waals surface area contributed by atoms with Crippen LogP contribution in [0.1, 0.15) is 31.2 Å². The van der Waals surface area contributed by atoms with Gasteiger partial charge in [-0.25, -0.2) is 4.79 Å². The van der Waals surface area contributed by atoms with Crippen molar-refractivity contribution >= 4 is 16.8 Å². The smallest absolute Gasteiger partial charge is 0.317 e. The van der Waals surface area contributed by atoms with Crippen molar-refractivity contribution in [1.82, 2.24) is 15.1 Å². The number of likely N-dealkylation sites (tertiary alicyclic amines) is 1. The second-order valence-electron chi connectivity index (χ2n) is 7.49. The zero-order valence-corrected chi connectivity index (χ0v) is 14.9. The number of nitrogens with one attached hydrogen (secondary N) is 1. The molecule has 1 aliphatic heterocycles. The number of hydrogen-bond donors (Lipinski definition) is 1. The van der Waals surface area contributed by atoms with E-state index in [1.165, 1.54) is 29.2 Å². The monoisotopic (exact) mass is 337 g/mol. The molecule has 0 bridgehead atoms. The van der Waals surface area contributed by atoms with Crippen molar-refractivity contribution in [1.29, 1.82) is 0 Å². The maximum atomic E-state index is 12.6. The first-order valence-corrected chi connectivity index (χ1v) is 9.43. The molecule has 1 aliphatic carbocycles. The number of amides is 2. The van der Waals surface area contributed by atoms with Gasteiger partial charge in [-0.1, -0.05) is 42.5 Å². The van der Waals surface area contributed by atoms with E-state index in [1.807, 2.05) is 7.05 Å². The van der Waals surface area contributed by atoms with Crippen molar-refractivity contribution in [3.63, 3.8) is 0 Å². The van der Waals surface area contributed by atoms with Crippen LogP contribution in [-0.2, 0) is 6.54 Å². The van der Waals surface area contributed by atoms with Gasteiger partial charge in [-0.3, -0.25) is 0 Å². The van der Waals surface area contributed by atoms with E-state index in [2.05, 4.69) is 52.7 Å². The van der Waals surface area contributed by atoms with Crippen LogP contribution in [0.15, 0.2) is 42.5 Å². The summed E-state index contributed by atoms with van der Waals surface area (Å²) in [5, 5.41) is 5.67. The summed E-state index contributed by atoms with van der Waals surface area (Å²) in [5.41, 5.74) is 1.19. The van der Waals surface area contributed by atoms with Crippen molar-refractivity contribution in [2.24, 2.45) is 0 Å². The van der Waals surface area contributed by atoms with Gasteiger partial charge in [0.05, 0.1) is 0 Å². The summed E-state index contributed by atoms with van der Waals surface area (Å²) in [7, 11) is 1.89.